The molecule has 5 nitrogen and oxygen atoms in total. The monoisotopic (exact) mass is 482 g/mol. The lowest BCUT2D eigenvalue weighted by Gasteiger charge is -2.12. The highest BCUT2D eigenvalue weighted by molar-refractivity contribution is 6.17. The van der Waals surface area contributed by atoms with E-state index in [0.29, 0.717) is 23.6 Å². The Balaban J connectivity index is 0.00000176. The topological polar surface area (TPSA) is 53.4 Å². The van der Waals surface area contributed by atoms with E-state index in [1.165, 1.54) is 5.56 Å². The quantitative estimate of drug-likeness (QED) is 0.148. The molecule has 186 valence electrons. The fourth-order valence-corrected chi connectivity index (χ4v) is 4.03. The zero-order chi connectivity index (χ0) is 26.2. The van der Waals surface area contributed by atoms with Gasteiger partial charge in [-0.2, -0.15) is 0 Å². The van der Waals surface area contributed by atoms with Crippen LogP contribution in [0.25, 0.3) is 16.7 Å². The van der Waals surface area contributed by atoms with Gasteiger partial charge in [-0.1, -0.05) is 50.3 Å². The number of ketones is 1. The van der Waals surface area contributed by atoms with Gasteiger partial charge in [-0.25, -0.2) is 0 Å². The van der Waals surface area contributed by atoms with Gasteiger partial charge in [0.15, 0.2) is 5.76 Å². The van der Waals surface area contributed by atoms with Crippen LogP contribution >= 0.6 is 0 Å². The highest BCUT2D eigenvalue weighted by atomic mass is 16.5. The molecule has 0 radical (unpaired) electrons. The van der Waals surface area contributed by atoms with Crippen LogP contribution in [0, 0.1) is 13.8 Å². The number of hydrogen-bond donors (Lipinski definition) is 0. The highest BCUT2D eigenvalue weighted by Crippen LogP contribution is 2.33. The van der Waals surface area contributed by atoms with Crippen molar-refractivity contribution in [2.75, 3.05) is 7.11 Å². The van der Waals surface area contributed by atoms with Crippen molar-refractivity contribution in [3.8, 4) is 5.75 Å². The fourth-order valence-electron chi connectivity index (χ4n) is 4.03. The number of carbonyl (C=O) groups is 1. The molecule has 5 heteroatoms. The minimum Gasteiger partial charge on any atom is -0.497 e. The van der Waals surface area contributed by atoms with Crippen LogP contribution < -0.4 is 4.74 Å². The fraction of sp³-hybridized carbons (Fsp3) is 0.226. The number of rotatable bonds is 8. The molecule has 0 amide bonds. The third kappa shape index (κ3) is 5.57. The van der Waals surface area contributed by atoms with Gasteiger partial charge in [0.2, 0.25) is 5.78 Å². The number of aromatic nitrogens is 2. The van der Waals surface area contributed by atoms with Crippen molar-refractivity contribution in [1.82, 2.24) is 9.55 Å². The molecule has 0 aliphatic rings. The van der Waals surface area contributed by atoms with Gasteiger partial charge >= 0.3 is 0 Å². The summed E-state index contributed by atoms with van der Waals surface area (Å²) < 4.78 is 13.6. The smallest absolute Gasteiger partial charge is 0.230 e. The molecule has 2 heterocycles. The number of benzene rings is 2. The maximum absolute atomic E-state index is 13.8. The average molecular weight is 483 g/mol. The first-order valence-corrected chi connectivity index (χ1v) is 12.1. The van der Waals surface area contributed by atoms with Gasteiger partial charge in [-0.3, -0.25) is 9.78 Å². The van der Waals surface area contributed by atoms with Crippen LogP contribution in [0.2, 0.25) is 0 Å². The van der Waals surface area contributed by atoms with E-state index in [2.05, 4.69) is 47.3 Å². The largest absolute Gasteiger partial charge is 0.497 e. The van der Waals surface area contributed by atoms with Gasteiger partial charge in [-0.15, -0.1) is 0 Å². The molecule has 4 rings (SSSR count). The van der Waals surface area contributed by atoms with E-state index < -0.39 is 0 Å². The molecule has 0 bridgehead atoms. The van der Waals surface area contributed by atoms with E-state index in [4.69, 9.17) is 9.47 Å². The lowest BCUT2D eigenvalue weighted by Crippen LogP contribution is -2.09. The Bertz CT molecular complexity index is 1380. The zero-order valence-corrected chi connectivity index (χ0v) is 22.0. The summed E-state index contributed by atoms with van der Waals surface area (Å²) in [6.07, 6.45) is 5.01. The Labute approximate surface area is 213 Å². The summed E-state index contributed by atoms with van der Waals surface area (Å²) in [6.45, 7) is 14.5. The molecule has 0 atom stereocenters. The van der Waals surface area contributed by atoms with Gasteiger partial charge in [0, 0.05) is 41.1 Å². The molecule has 2 aromatic heterocycles. The molecule has 0 N–H and O–H groups in total. The van der Waals surface area contributed by atoms with Crippen LogP contribution in [-0.4, -0.2) is 22.4 Å². The number of methoxy groups -OCH3 is 1. The Morgan fingerprint density at radius 2 is 1.81 bits per heavy atom. The number of hydrogen-bond acceptors (Lipinski definition) is 4. The number of carbonyl (C=O) groups excluding carboxylic acids is 1. The van der Waals surface area contributed by atoms with Gasteiger partial charge < -0.3 is 14.0 Å². The minimum absolute atomic E-state index is 0.203. The Kier molecular flexibility index (Phi) is 8.85. The third-order valence-electron chi connectivity index (χ3n) is 5.92. The first kappa shape index (κ1) is 26.5. The van der Waals surface area contributed by atoms with E-state index in [-0.39, 0.29) is 11.5 Å². The Hall–Kier alpha value is -4.12. The number of Topliss-reactive ketones (excluding diaryl/α,β-unsaturated/α-hetero) is 1. The van der Waals surface area contributed by atoms with Gasteiger partial charge in [-0.05, 0) is 62.7 Å². The Morgan fingerprint density at radius 1 is 1.08 bits per heavy atom. The van der Waals surface area contributed by atoms with Crippen LogP contribution in [0.5, 0.6) is 5.75 Å². The molecule has 2 aromatic carbocycles. The maximum Gasteiger partial charge on any atom is 0.230 e. The van der Waals surface area contributed by atoms with Crippen molar-refractivity contribution in [3.05, 3.63) is 113 Å². The van der Waals surface area contributed by atoms with Crippen LogP contribution in [0.4, 0.5) is 0 Å². The van der Waals surface area contributed by atoms with Crippen LogP contribution in [0.15, 0.2) is 85.4 Å². The van der Waals surface area contributed by atoms with Crippen molar-refractivity contribution in [3.63, 3.8) is 0 Å². The molecule has 4 aromatic rings. The minimum atomic E-state index is -0.203. The molecule has 0 aliphatic heterocycles. The van der Waals surface area contributed by atoms with E-state index in [1.807, 2.05) is 45.0 Å². The molecule has 0 saturated heterocycles. The second-order valence-corrected chi connectivity index (χ2v) is 8.16. The van der Waals surface area contributed by atoms with E-state index in [9.17, 15) is 4.79 Å². The summed E-state index contributed by atoms with van der Waals surface area (Å²) >= 11 is 0. The van der Waals surface area contributed by atoms with Crippen molar-refractivity contribution in [2.45, 2.75) is 41.2 Å². The Morgan fingerprint density at radius 3 is 2.42 bits per heavy atom. The van der Waals surface area contributed by atoms with Crippen LogP contribution in [0.3, 0.4) is 0 Å². The normalized spacial score (nSPS) is 11.0. The summed E-state index contributed by atoms with van der Waals surface area (Å²) in [5.41, 5.74) is 5.51. The molecular weight excluding hydrogens is 448 g/mol. The average Bonchev–Trinajstić information content (AvgIpc) is 3.19. The lowest BCUT2D eigenvalue weighted by atomic mass is 10.0. The van der Waals surface area contributed by atoms with E-state index in [0.717, 1.165) is 27.7 Å². The third-order valence-corrected chi connectivity index (χ3v) is 5.92. The highest BCUT2D eigenvalue weighted by Gasteiger charge is 2.25. The van der Waals surface area contributed by atoms with E-state index >= 15 is 0 Å². The second-order valence-electron chi connectivity index (χ2n) is 8.16. The van der Waals surface area contributed by atoms with Crippen molar-refractivity contribution < 1.29 is 14.3 Å². The number of nitrogens with zero attached hydrogens (tertiary/aromatic N) is 2. The predicted molar refractivity (Wildman–Crippen MR) is 147 cm³/mol. The standard InChI is InChI=1S/C29H28N2O3.C2H6/c1-6-27(34-21(4)23-8-7-15-30-17-23)29(32)28-20(3)31(18-22-11-9-19(2)10-12-22)26-14-13-24(33-5)16-25(26)28;1-2/h6-17H,4,18H2,1-3,5H3;1-2H3/b27-6-;. The molecule has 0 spiro atoms. The predicted octanol–water partition coefficient (Wildman–Crippen LogP) is 7.51. The summed E-state index contributed by atoms with van der Waals surface area (Å²) in [6, 6.07) is 17.9. The first-order chi connectivity index (χ1) is 17.4. The molecule has 0 unspecified atom stereocenters. The first-order valence-electron chi connectivity index (χ1n) is 12.1. The van der Waals surface area contributed by atoms with Crippen molar-refractivity contribution >= 4 is 22.4 Å². The summed E-state index contributed by atoms with van der Waals surface area (Å²) in [5, 5.41) is 0.823. The zero-order valence-electron chi connectivity index (χ0n) is 22.0. The maximum atomic E-state index is 13.8. The summed E-state index contributed by atoms with van der Waals surface area (Å²) in [5.74, 6) is 1.07. The van der Waals surface area contributed by atoms with Crippen LogP contribution in [-0.2, 0) is 11.3 Å². The summed E-state index contributed by atoms with van der Waals surface area (Å²) in [4.78, 5) is 17.9. The number of pyridine rings is 1. The SMILES string of the molecule is C=C(O/C(=C\C)C(=O)c1c(C)n(Cc2ccc(C)cc2)c2ccc(OC)cc12)c1cccnc1.CC. The number of allylic oxidation sites excluding steroid dienone is 2. The second kappa shape index (κ2) is 12.0. The lowest BCUT2D eigenvalue weighted by molar-refractivity contribution is 0.0977. The molecule has 0 fully saturated rings. The van der Waals surface area contributed by atoms with Gasteiger partial charge in [0.05, 0.1) is 12.7 Å². The van der Waals surface area contributed by atoms with E-state index in [1.54, 1.807) is 38.6 Å². The molecular formula is C31H34N2O3. The molecule has 36 heavy (non-hydrogen) atoms. The number of fused-ring (bicyclic) bond motifs is 1. The van der Waals surface area contributed by atoms with Crippen molar-refractivity contribution in [2.24, 2.45) is 0 Å². The van der Waals surface area contributed by atoms with Crippen molar-refractivity contribution in [1.29, 1.82) is 0 Å². The van der Waals surface area contributed by atoms with Gasteiger partial charge in [0.1, 0.15) is 11.5 Å². The number of ether oxygens (including phenoxy) is 2. The molecule has 0 saturated carbocycles. The van der Waals surface area contributed by atoms with Crippen LogP contribution in [0.1, 0.15) is 53.5 Å². The molecule has 0 aliphatic carbocycles. The summed E-state index contributed by atoms with van der Waals surface area (Å²) in [7, 11) is 1.62. The number of aryl methyl sites for hydroxylation is 1. The van der Waals surface area contributed by atoms with Gasteiger partial charge in [0.25, 0.3) is 0 Å².